The SMILES string of the molecule is Cc1ccc(-n2c(SCC(=O)Nc3cccc(C)c3C)nnc2-c2ccccc2F)cc1. The van der Waals surface area contributed by atoms with E-state index in [1.165, 1.54) is 17.8 Å². The van der Waals surface area contributed by atoms with Crippen molar-refractivity contribution in [2.45, 2.75) is 25.9 Å². The first-order valence-corrected chi connectivity index (χ1v) is 11.2. The second-order valence-corrected chi connectivity index (χ2v) is 8.48. The first-order valence-electron chi connectivity index (χ1n) is 10.2. The zero-order valence-corrected chi connectivity index (χ0v) is 18.9. The smallest absolute Gasteiger partial charge is 0.234 e. The molecule has 32 heavy (non-hydrogen) atoms. The molecule has 0 spiro atoms. The van der Waals surface area contributed by atoms with Gasteiger partial charge in [-0.15, -0.1) is 10.2 Å². The monoisotopic (exact) mass is 446 g/mol. The number of hydrogen-bond acceptors (Lipinski definition) is 4. The maximum Gasteiger partial charge on any atom is 0.234 e. The zero-order valence-electron chi connectivity index (χ0n) is 18.1. The number of nitrogens with one attached hydrogen (secondary N) is 1. The fourth-order valence-electron chi connectivity index (χ4n) is 3.31. The molecular formula is C25H23FN4OS. The number of hydrogen-bond donors (Lipinski definition) is 1. The Kier molecular flexibility index (Phi) is 6.37. The number of halogens is 1. The van der Waals surface area contributed by atoms with Gasteiger partial charge < -0.3 is 5.32 Å². The standard InChI is InChI=1S/C25H23FN4OS/c1-16-11-13-19(14-12-16)30-24(20-8-4-5-9-21(20)26)28-29-25(30)32-15-23(31)27-22-10-6-7-17(2)18(22)3/h4-14H,15H2,1-3H3,(H,27,31). The summed E-state index contributed by atoms with van der Waals surface area (Å²) in [5.41, 5.74) is 5.21. The van der Waals surface area contributed by atoms with E-state index in [2.05, 4.69) is 15.5 Å². The van der Waals surface area contributed by atoms with Crippen LogP contribution in [0.3, 0.4) is 0 Å². The third kappa shape index (κ3) is 4.57. The maximum atomic E-state index is 14.5. The lowest BCUT2D eigenvalue weighted by Gasteiger charge is -2.12. The van der Waals surface area contributed by atoms with Crippen molar-refractivity contribution in [2.75, 3.05) is 11.1 Å². The molecule has 0 unspecified atom stereocenters. The summed E-state index contributed by atoms with van der Waals surface area (Å²) in [5.74, 6) is 0.0192. The second kappa shape index (κ2) is 9.36. The Balaban J connectivity index is 1.62. The van der Waals surface area contributed by atoms with Crippen LogP contribution in [0.25, 0.3) is 17.1 Å². The third-order valence-corrected chi connectivity index (χ3v) is 6.18. The van der Waals surface area contributed by atoms with Crippen molar-refractivity contribution in [1.29, 1.82) is 0 Å². The Bertz CT molecular complexity index is 1270. The van der Waals surface area contributed by atoms with Gasteiger partial charge in [-0.25, -0.2) is 4.39 Å². The summed E-state index contributed by atoms with van der Waals surface area (Å²) in [4.78, 5) is 12.6. The van der Waals surface area contributed by atoms with E-state index in [0.29, 0.717) is 16.5 Å². The van der Waals surface area contributed by atoms with E-state index in [4.69, 9.17) is 0 Å². The predicted octanol–water partition coefficient (Wildman–Crippen LogP) is 5.73. The highest BCUT2D eigenvalue weighted by molar-refractivity contribution is 7.99. The molecule has 0 aliphatic rings. The maximum absolute atomic E-state index is 14.5. The molecule has 7 heteroatoms. The van der Waals surface area contributed by atoms with Crippen molar-refractivity contribution < 1.29 is 9.18 Å². The number of benzene rings is 3. The topological polar surface area (TPSA) is 59.8 Å². The van der Waals surface area contributed by atoms with Crippen molar-refractivity contribution in [2.24, 2.45) is 0 Å². The van der Waals surface area contributed by atoms with Gasteiger partial charge in [0.1, 0.15) is 5.82 Å². The molecule has 0 aliphatic heterocycles. The van der Waals surface area contributed by atoms with E-state index in [9.17, 15) is 9.18 Å². The van der Waals surface area contributed by atoms with Crippen LogP contribution >= 0.6 is 11.8 Å². The minimum atomic E-state index is -0.377. The van der Waals surface area contributed by atoms with Crippen LogP contribution in [-0.4, -0.2) is 26.4 Å². The minimum absolute atomic E-state index is 0.144. The molecule has 0 atom stereocenters. The van der Waals surface area contributed by atoms with Gasteiger partial charge in [0.15, 0.2) is 11.0 Å². The van der Waals surface area contributed by atoms with Gasteiger partial charge in [0.05, 0.1) is 11.3 Å². The molecule has 0 fully saturated rings. The Hall–Kier alpha value is -3.45. The Morgan fingerprint density at radius 2 is 1.72 bits per heavy atom. The van der Waals surface area contributed by atoms with Crippen molar-refractivity contribution in [3.8, 4) is 17.1 Å². The molecule has 4 aromatic rings. The van der Waals surface area contributed by atoms with Gasteiger partial charge in [0.2, 0.25) is 5.91 Å². The molecule has 0 radical (unpaired) electrons. The predicted molar refractivity (Wildman–Crippen MR) is 127 cm³/mol. The summed E-state index contributed by atoms with van der Waals surface area (Å²) < 4.78 is 16.3. The molecule has 0 saturated carbocycles. The van der Waals surface area contributed by atoms with Crippen molar-refractivity contribution in [3.05, 3.63) is 89.2 Å². The van der Waals surface area contributed by atoms with Gasteiger partial charge >= 0.3 is 0 Å². The van der Waals surface area contributed by atoms with Crippen molar-refractivity contribution >= 4 is 23.4 Å². The Morgan fingerprint density at radius 1 is 0.969 bits per heavy atom. The number of carbonyl (C=O) groups excluding carboxylic acids is 1. The summed E-state index contributed by atoms with van der Waals surface area (Å²) in [7, 11) is 0. The highest BCUT2D eigenvalue weighted by atomic mass is 32.2. The number of rotatable bonds is 6. The minimum Gasteiger partial charge on any atom is -0.325 e. The summed E-state index contributed by atoms with van der Waals surface area (Å²) in [6, 6.07) is 20.1. The molecule has 5 nitrogen and oxygen atoms in total. The number of thioether (sulfide) groups is 1. The largest absolute Gasteiger partial charge is 0.325 e. The van der Waals surface area contributed by atoms with Crippen LogP contribution < -0.4 is 5.32 Å². The van der Waals surface area contributed by atoms with Gasteiger partial charge in [0, 0.05) is 11.4 Å². The second-order valence-electron chi connectivity index (χ2n) is 7.54. The number of anilines is 1. The van der Waals surface area contributed by atoms with E-state index in [1.54, 1.807) is 22.8 Å². The fourth-order valence-corrected chi connectivity index (χ4v) is 4.06. The van der Waals surface area contributed by atoms with E-state index < -0.39 is 0 Å². The third-order valence-electron chi connectivity index (χ3n) is 5.25. The lowest BCUT2D eigenvalue weighted by atomic mass is 10.1. The Labute approximate surface area is 190 Å². The number of nitrogens with zero attached hydrogens (tertiary/aromatic N) is 3. The number of carbonyl (C=O) groups is 1. The van der Waals surface area contributed by atoms with Crippen LogP contribution in [0.5, 0.6) is 0 Å². The lowest BCUT2D eigenvalue weighted by molar-refractivity contribution is -0.113. The molecule has 1 amide bonds. The molecule has 1 N–H and O–H groups in total. The zero-order chi connectivity index (χ0) is 22.7. The van der Waals surface area contributed by atoms with Crippen LogP contribution in [0, 0.1) is 26.6 Å². The summed E-state index contributed by atoms with van der Waals surface area (Å²) >= 11 is 1.26. The number of aryl methyl sites for hydroxylation is 2. The van der Waals surface area contributed by atoms with Gasteiger partial charge in [-0.2, -0.15) is 0 Å². The fraction of sp³-hybridized carbons (Fsp3) is 0.160. The summed E-state index contributed by atoms with van der Waals surface area (Å²) in [6.45, 7) is 5.99. The van der Waals surface area contributed by atoms with E-state index in [1.807, 2.05) is 63.2 Å². The van der Waals surface area contributed by atoms with Crippen LogP contribution in [0.15, 0.2) is 71.9 Å². The molecule has 1 aromatic heterocycles. The molecule has 162 valence electrons. The van der Waals surface area contributed by atoms with E-state index in [-0.39, 0.29) is 17.5 Å². The number of aromatic nitrogens is 3. The lowest BCUT2D eigenvalue weighted by Crippen LogP contribution is -2.15. The van der Waals surface area contributed by atoms with Crippen LogP contribution in [0.4, 0.5) is 10.1 Å². The quantitative estimate of drug-likeness (QED) is 0.384. The first kappa shape index (κ1) is 21.8. The first-order chi connectivity index (χ1) is 15.4. The van der Waals surface area contributed by atoms with Crippen molar-refractivity contribution in [1.82, 2.24) is 14.8 Å². The van der Waals surface area contributed by atoms with Crippen LogP contribution in [0.1, 0.15) is 16.7 Å². The molecule has 1 heterocycles. The highest BCUT2D eigenvalue weighted by Gasteiger charge is 2.19. The van der Waals surface area contributed by atoms with Gasteiger partial charge in [0.25, 0.3) is 0 Å². The molecule has 0 bridgehead atoms. The van der Waals surface area contributed by atoms with Crippen molar-refractivity contribution in [3.63, 3.8) is 0 Å². The van der Waals surface area contributed by atoms with E-state index in [0.717, 1.165) is 28.1 Å². The average molecular weight is 447 g/mol. The summed E-state index contributed by atoms with van der Waals surface area (Å²) in [5, 5.41) is 12.0. The molecule has 0 aliphatic carbocycles. The van der Waals surface area contributed by atoms with Gasteiger partial charge in [-0.05, 0) is 62.2 Å². The molecule has 0 saturated heterocycles. The summed E-state index contributed by atoms with van der Waals surface area (Å²) in [6.07, 6.45) is 0. The normalized spacial score (nSPS) is 10.9. The molecule has 4 rings (SSSR count). The van der Waals surface area contributed by atoms with Gasteiger partial charge in [-0.1, -0.05) is 53.7 Å². The average Bonchev–Trinajstić information content (AvgIpc) is 3.20. The number of amides is 1. The molecule has 3 aromatic carbocycles. The van der Waals surface area contributed by atoms with Crippen LogP contribution in [-0.2, 0) is 4.79 Å². The van der Waals surface area contributed by atoms with Crippen LogP contribution in [0.2, 0.25) is 0 Å². The van der Waals surface area contributed by atoms with E-state index >= 15 is 0 Å². The Morgan fingerprint density at radius 3 is 2.47 bits per heavy atom. The van der Waals surface area contributed by atoms with Gasteiger partial charge in [-0.3, -0.25) is 9.36 Å². The highest BCUT2D eigenvalue weighted by Crippen LogP contribution is 2.29. The molecular weight excluding hydrogens is 423 g/mol.